The van der Waals surface area contributed by atoms with Crippen LogP contribution in [0.4, 0.5) is 0 Å². The fraction of sp³-hybridized carbons (Fsp3) is 0.277. The van der Waals surface area contributed by atoms with Crippen LogP contribution in [0.5, 0.6) is 5.75 Å². The van der Waals surface area contributed by atoms with Crippen molar-refractivity contribution in [2.45, 2.75) is 85.1 Å². The third kappa shape index (κ3) is 6.68. The van der Waals surface area contributed by atoms with Crippen LogP contribution >= 0.6 is 0 Å². The van der Waals surface area contributed by atoms with E-state index in [0.29, 0.717) is 0 Å². The maximum Gasteiger partial charge on any atom is 0.145 e. The minimum Gasteiger partial charge on any atom is -0.507 e. The van der Waals surface area contributed by atoms with Crippen molar-refractivity contribution in [1.29, 1.82) is 0 Å². The molecule has 0 radical (unpaired) electrons. The van der Waals surface area contributed by atoms with E-state index >= 15 is 0 Å². The zero-order valence-corrected chi connectivity index (χ0v) is 31.5. The molecule has 0 bridgehead atoms. The number of pyridine rings is 1. The second kappa shape index (κ2) is 12.5. The van der Waals surface area contributed by atoms with Crippen LogP contribution in [0, 0.1) is 0 Å². The van der Waals surface area contributed by atoms with Crippen molar-refractivity contribution in [3.63, 3.8) is 0 Å². The summed E-state index contributed by atoms with van der Waals surface area (Å²) in [5.74, 6) is 1.00. The van der Waals surface area contributed by atoms with Gasteiger partial charge in [-0.05, 0) is 114 Å². The second-order valence-corrected chi connectivity index (χ2v) is 17.0. The Morgan fingerprint density at radius 3 is 1.96 bits per heavy atom. The number of phenols is 1. The largest absolute Gasteiger partial charge is 0.507 e. The summed E-state index contributed by atoms with van der Waals surface area (Å²) in [4.78, 5) is 10.3. The number of fused-ring (bicyclic) bond motifs is 2. The van der Waals surface area contributed by atoms with Gasteiger partial charge in [-0.3, -0.25) is 4.98 Å². The Balaban J connectivity index is 1.48. The quantitative estimate of drug-likeness (QED) is 0.198. The maximum atomic E-state index is 11.3. The lowest BCUT2D eigenvalue weighted by Gasteiger charge is -2.26. The number of nitrogens with zero attached hydrogens (tertiary/aromatic N) is 3. The van der Waals surface area contributed by atoms with E-state index in [1.807, 2.05) is 24.4 Å². The summed E-state index contributed by atoms with van der Waals surface area (Å²) in [5.41, 5.74) is 12.6. The lowest BCUT2D eigenvalue weighted by Crippen LogP contribution is -2.22. The number of aromatic hydroxyl groups is 1. The van der Waals surface area contributed by atoms with Crippen molar-refractivity contribution in [3.05, 3.63) is 138 Å². The molecule has 0 aliphatic heterocycles. The van der Waals surface area contributed by atoms with Gasteiger partial charge >= 0.3 is 0 Å². The number of rotatable bonds is 5. The maximum absolute atomic E-state index is 11.3. The number of para-hydroxylation sites is 1. The smallest absolute Gasteiger partial charge is 0.145 e. The van der Waals surface area contributed by atoms with Crippen LogP contribution in [0.15, 0.2) is 115 Å². The Morgan fingerprint density at radius 1 is 0.569 bits per heavy atom. The van der Waals surface area contributed by atoms with E-state index in [9.17, 15) is 5.11 Å². The monoisotopic (exact) mass is 671 g/mol. The molecule has 0 spiro atoms. The van der Waals surface area contributed by atoms with Gasteiger partial charge in [0.15, 0.2) is 0 Å². The standard InChI is InChI=1S/C47H49N3O/c1-45(2,3)35-20-21-41(51)39(29-35)44-49-43-37(18-13-19-40(43)50(44)47(7,8)9)33-26-34(28-36(27-33)46(4,5)6)38-25-31(23-30-15-11-10-12-16-30)24-32-17-14-22-48-42(32)38/h10-22,24-29,51H,23H2,1-9H3. The summed E-state index contributed by atoms with van der Waals surface area (Å²) in [6, 6.07) is 38.8. The van der Waals surface area contributed by atoms with Crippen molar-refractivity contribution in [3.8, 4) is 39.4 Å². The highest BCUT2D eigenvalue weighted by Gasteiger charge is 2.27. The number of hydrogen-bond acceptors (Lipinski definition) is 3. The first-order valence-corrected chi connectivity index (χ1v) is 18.0. The Kier molecular flexibility index (Phi) is 8.41. The van der Waals surface area contributed by atoms with Crippen LogP contribution in [-0.4, -0.2) is 19.6 Å². The van der Waals surface area contributed by atoms with E-state index < -0.39 is 0 Å². The van der Waals surface area contributed by atoms with E-state index in [0.717, 1.165) is 67.6 Å². The highest BCUT2D eigenvalue weighted by atomic mass is 16.3. The molecule has 0 atom stereocenters. The van der Waals surface area contributed by atoms with Gasteiger partial charge in [0, 0.05) is 28.2 Å². The Morgan fingerprint density at radius 2 is 1.27 bits per heavy atom. The molecule has 258 valence electrons. The normalized spacial score (nSPS) is 12.6. The topological polar surface area (TPSA) is 50.9 Å². The van der Waals surface area contributed by atoms with Crippen molar-refractivity contribution >= 4 is 21.9 Å². The van der Waals surface area contributed by atoms with Crippen molar-refractivity contribution < 1.29 is 5.11 Å². The molecule has 5 aromatic carbocycles. The minimum atomic E-state index is -0.297. The second-order valence-electron chi connectivity index (χ2n) is 17.0. The molecule has 0 saturated carbocycles. The van der Waals surface area contributed by atoms with Crippen molar-refractivity contribution in [1.82, 2.24) is 14.5 Å². The van der Waals surface area contributed by atoms with E-state index in [1.165, 1.54) is 16.7 Å². The molecule has 51 heavy (non-hydrogen) atoms. The van der Waals surface area contributed by atoms with Gasteiger partial charge in [0.25, 0.3) is 0 Å². The summed E-state index contributed by atoms with van der Waals surface area (Å²) in [6.45, 7) is 20.0. The molecule has 7 aromatic rings. The van der Waals surface area contributed by atoms with Gasteiger partial charge in [-0.2, -0.15) is 0 Å². The van der Waals surface area contributed by atoms with Crippen molar-refractivity contribution in [2.24, 2.45) is 0 Å². The van der Waals surface area contributed by atoms with Gasteiger partial charge in [-0.1, -0.05) is 108 Å². The fourth-order valence-electron chi connectivity index (χ4n) is 7.15. The average Bonchev–Trinajstić information content (AvgIpc) is 3.48. The van der Waals surface area contributed by atoms with E-state index in [2.05, 4.69) is 158 Å². The number of imidazole rings is 1. The van der Waals surface area contributed by atoms with Crippen LogP contribution < -0.4 is 0 Å². The Labute approximate surface area is 302 Å². The van der Waals surface area contributed by atoms with E-state index in [-0.39, 0.29) is 22.1 Å². The number of aromatic nitrogens is 3. The van der Waals surface area contributed by atoms with Crippen LogP contribution in [0.3, 0.4) is 0 Å². The van der Waals surface area contributed by atoms with Gasteiger partial charge in [0.2, 0.25) is 0 Å². The molecular weight excluding hydrogens is 623 g/mol. The van der Waals surface area contributed by atoms with Gasteiger partial charge in [-0.15, -0.1) is 0 Å². The van der Waals surface area contributed by atoms with E-state index in [1.54, 1.807) is 0 Å². The molecule has 4 heteroatoms. The van der Waals surface area contributed by atoms with Gasteiger partial charge in [0.1, 0.15) is 11.6 Å². The zero-order chi connectivity index (χ0) is 36.3. The lowest BCUT2D eigenvalue weighted by molar-refractivity contribution is 0.411. The van der Waals surface area contributed by atoms with Gasteiger partial charge in [0.05, 0.1) is 22.1 Å². The highest BCUT2D eigenvalue weighted by molar-refractivity contribution is 5.98. The SMILES string of the molecule is CC(C)(C)c1cc(-c2cc(Cc3ccccc3)cc3cccnc23)cc(-c2cccc3c2nc(-c2cc(C(C)(C)C)ccc2O)n3C(C)(C)C)c1. The number of hydrogen-bond donors (Lipinski definition) is 1. The number of phenolic OH excluding ortho intramolecular Hbond substituents is 1. The summed E-state index contributed by atoms with van der Waals surface area (Å²) in [6.07, 6.45) is 2.74. The zero-order valence-electron chi connectivity index (χ0n) is 31.5. The van der Waals surface area contributed by atoms with Gasteiger partial charge < -0.3 is 9.67 Å². The Bertz CT molecular complexity index is 2400. The lowest BCUT2D eigenvalue weighted by atomic mass is 9.82. The summed E-state index contributed by atoms with van der Waals surface area (Å²) in [7, 11) is 0. The molecule has 0 unspecified atom stereocenters. The molecule has 0 saturated heterocycles. The van der Waals surface area contributed by atoms with Crippen LogP contribution in [0.1, 0.15) is 84.6 Å². The fourth-order valence-corrected chi connectivity index (χ4v) is 7.15. The third-order valence-corrected chi connectivity index (χ3v) is 9.90. The molecular formula is C47H49N3O. The van der Waals surface area contributed by atoms with Crippen molar-refractivity contribution in [2.75, 3.05) is 0 Å². The first-order valence-electron chi connectivity index (χ1n) is 18.0. The first kappa shape index (κ1) is 34.2. The highest BCUT2D eigenvalue weighted by Crippen LogP contribution is 2.42. The van der Waals surface area contributed by atoms with Gasteiger partial charge in [-0.25, -0.2) is 4.98 Å². The molecule has 0 fully saturated rings. The molecule has 0 aliphatic carbocycles. The summed E-state index contributed by atoms with van der Waals surface area (Å²) >= 11 is 0. The molecule has 4 nitrogen and oxygen atoms in total. The predicted octanol–water partition coefficient (Wildman–Crippen LogP) is 12.2. The molecule has 7 rings (SSSR count). The van der Waals surface area contributed by atoms with Crippen LogP contribution in [0.25, 0.3) is 55.6 Å². The Hall–Kier alpha value is -5.22. The summed E-state index contributed by atoms with van der Waals surface area (Å²) in [5, 5.41) is 12.4. The molecule has 2 aromatic heterocycles. The third-order valence-electron chi connectivity index (χ3n) is 9.90. The molecule has 1 N–H and O–H groups in total. The summed E-state index contributed by atoms with van der Waals surface area (Å²) < 4.78 is 2.28. The van der Waals surface area contributed by atoms with Crippen LogP contribution in [0.2, 0.25) is 0 Å². The minimum absolute atomic E-state index is 0.0760. The molecule has 0 aliphatic rings. The molecule has 2 heterocycles. The first-order chi connectivity index (χ1) is 24.1. The number of benzene rings is 5. The average molecular weight is 672 g/mol. The molecule has 0 amide bonds. The van der Waals surface area contributed by atoms with Crippen LogP contribution in [-0.2, 0) is 22.8 Å². The predicted molar refractivity (Wildman–Crippen MR) is 215 cm³/mol. The van der Waals surface area contributed by atoms with E-state index in [4.69, 9.17) is 9.97 Å².